The van der Waals surface area contributed by atoms with Crippen LogP contribution in [0.4, 0.5) is 0 Å². The minimum Gasteiger partial charge on any atom is -0.480 e. The minimum atomic E-state index is -0.577. The van der Waals surface area contributed by atoms with Crippen LogP contribution >= 0.6 is 0 Å². The summed E-state index contributed by atoms with van der Waals surface area (Å²) in [5.41, 5.74) is -0.551. The van der Waals surface area contributed by atoms with Gasteiger partial charge >= 0.3 is 5.97 Å². The Balaban J connectivity index is 1.83. The molecule has 0 aliphatic carbocycles. The number of piperidine rings is 1. The van der Waals surface area contributed by atoms with Crippen LogP contribution in [0.1, 0.15) is 45.4 Å². The van der Waals surface area contributed by atoms with Gasteiger partial charge in [-0.3, -0.25) is 9.69 Å². The first-order chi connectivity index (χ1) is 9.17. The molecule has 4 nitrogen and oxygen atoms in total. The molecule has 108 valence electrons. The van der Waals surface area contributed by atoms with Crippen LogP contribution in [-0.4, -0.2) is 58.6 Å². The average molecular weight is 266 g/mol. The van der Waals surface area contributed by atoms with Gasteiger partial charge in [0.25, 0.3) is 0 Å². The molecule has 19 heavy (non-hydrogen) atoms. The number of carboxylic acids is 1. The maximum absolute atomic E-state index is 11.9. The monoisotopic (exact) mass is 266 g/mol. The summed E-state index contributed by atoms with van der Waals surface area (Å²) in [6.07, 6.45) is 6.12. The van der Waals surface area contributed by atoms with Crippen molar-refractivity contribution in [3.05, 3.63) is 0 Å². The number of rotatable bonds is 4. The van der Waals surface area contributed by atoms with E-state index in [4.69, 9.17) is 0 Å². The Labute approximate surface area is 115 Å². The van der Waals surface area contributed by atoms with Gasteiger partial charge < -0.3 is 10.0 Å². The highest BCUT2D eigenvalue weighted by Gasteiger charge is 2.52. The van der Waals surface area contributed by atoms with E-state index in [0.717, 1.165) is 32.2 Å². The topological polar surface area (TPSA) is 43.8 Å². The second-order valence-electron chi connectivity index (χ2n) is 6.59. The first-order valence-electron chi connectivity index (χ1n) is 7.90. The van der Waals surface area contributed by atoms with Gasteiger partial charge in [-0.25, -0.2) is 0 Å². The van der Waals surface area contributed by atoms with Crippen LogP contribution in [0.15, 0.2) is 0 Å². The molecule has 0 aromatic heterocycles. The zero-order valence-corrected chi connectivity index (χ0v) is 12.0. The summed E-state index contributed by atoms with van der Waals surface area (Å²) in [4.78, 5) is 16.9. The largest absolute Gasteiger partial charge is 0.480 e. The average Bonchev–Trinajstić information content (AvgIpc) is 2.97. The fourth-order valence-corrected chi connectivity index (χ4v) is 4.74. The Bertz CT molecular complexity index is 360. The van der Waals surface area contributed by atoms with Gasteiger partial charge in [-0.2, -0.15) is 0 Å². The number of carbonyl (C=O) groups is 1. The molecule has 0 aromatic carbocycles. The van der Waals surface area contributed by atoms with Crippen LogP contribution in [0.2, 0.25) is 0 Å². The molecule has 1 N–H and O–H groups in total. The van der Waals surface area contributed by atoms with Crippen molar-refractivity contribution in [1.82, 2.24) is 9.80 Å². The Morgan fingerprint density at radius 1 is 1.32 bits per heavy atom. The Morgan fingerprint density at radius 2 is 2.11 bits per heavy atom. The maximum atomic E-state index is 11.9. The lowest BCUT2D eigenvalue weighted by Crippen LogP contribution is -2.58. The Morgan fingerprint density at radius 3 is 2.84 bits per heavy atom. The number of likely N-dealkylation sites (tertiary alicyclic amines) is 1. The van der Waals surface area contributed by atoms with Gasteiger partial charge in [-0.05, 0) is 57.7 Å². The van der Waals surface area contributed by atoms with E-state index in [1.807, 2.05) is 0 Å². The first kappa shape index (κ1) is 13.4. The fraction of sp³-hybridized carbons (Fsp3) is 0.933. The molecule has 3 heterocycles. The SMILES string of the molecule is CCCC1(C(=O)O)CCCN1C1CCN2CCC1C2. The molecule has 2 bridgehead atoms. The molecule has 0 saturated carbocycles. The third-order valence-corrected chi connectivity index (χ3v) is 5.60. The number of carboxylic acid groups (broad SMARTS) is 1. The van der Waals surface area contributed by atoms with Crippen molar-refractivity contribution in [1.29, 1.82) is 0 Å². The van der Waals surface area contributed by atoms with E-state index in [2.05, 4.69) is 16.7 Å². The summed E-state index contributed by atoms with van der Waals surface area (Å²) in [5.74, 6) is 0.134. The number of hydrogen-bond acceptors (Lipinski definition) is 3. The van der Waals surface area contributed by atoms with E-state index in [-0.39, 0.29) is 0 Å². The van der Waals surface area contributed by atoms with E-state index in [1.54, 1.807) is 0 Å². The molecule has 0 radical (unpaired) electrons. The molecule has 0 aromatic rings. The van der Waals surface area contributed by atoms with Crippen LogP contribution in [-0.2, 0) is 4.79 Å². The minimum absolute atomic E-state index is 0.518. The van der Waals surface area contributed by atoms with Crippen LogP contribution in [0.5, 0.6) is 0 Å². The predicted molar refractivity (Wildman–Crippen MR) is 74.2 cm³/mol. The van der Waals surface area contributed by atoms with Gasteiger partial charge in [0.15, 0.2) is 0 Å². The third kappa shape index (κ3) is 2.09. The normalized spacial score (nSPS) is 42.7. The molecule has 3 fully saturated rings. The second kappa shape index (κ2) is 5.06. The molecule has 4 unspecified atom stereocenters. The summed E-state index contributed by atoms with van der Waals surface area (Å²) in [7, 11) is 0. The highest BCUT2D eigenvalue weighted by atomic mass is 16.4. The zero-order chi connectivity index (χ0) is 13.5. The van der Waals surface area contributed by atoms with Crippen molar-refractivity contribution in [3.8, 4) is 0 Å². The van der Waals surface area contributed by atoms with Crippen LogP contribution in [0.25, 0.3) is 0 Å². The van der Waals surface area contributed by atoms with Crippen molar-refractivity contribution in [2.24, 2.45) is 5.92 Å². The van der Waals surface area contributed by atoms with Crippen molar-refractivity contribution in [2.75, 3.05) is 26.2 Å². The van der Waals surface area contributed by atoms with Gasteiger partial charge in [0.2, 0.25) is 0 Å². The van der Waals surface area contributed by atoms with Gasteiger partial charge in [0.05, 0.1) is 0 Å². The second-order valence-corrected chi connectivity index (χ2v) is 6.59. The highest BCUT2D eigenvalue weighted by Crippen LogP contribution is 2.41. The molecule has 3 saturated heterocycles. The molecule has 0 amide bonds. The van der Waals surface area contributed by atoms with E-state index in [1.165, 1.54) is 32.5 Å². The molecule has 0 spiro atoms. The maximum Gasteiger partial charge on any atom is 0.324 e. The van der Waals surface area contributed by atoms with Crippen molar-refractivity contribution >= 4 is 5.97 Å². The zero-order valence-electron chi connectivity index (χ0n) is 12.0. The Hall–Kier alpha value is -0.610. The number of aliphatic carboxylic acids is 1. The van der Waals surface area contributed by atoms with Gasteiger partial charge in [-0.15, -0.1) is 0 Å². The van der Waals surface area contributed by atoms with Gasteiger partial charge in [0, 0.05) is 12.6 Å². The summed E-state index contributed by atoms with van der Waals surface area (Å²) >= 11 is 0. The molecule has 4 heteroatoms. The van der Waals surface area contributed by atoms with Crippen LogP contribution in [0, 0.1) is 5.92 Å². The Kier molecular flexibility index (Phi) is 3.56. The number of fused-ring (bicyclic) bond motifs is 2. The molecule has 3 aliphatic rings. The molecule has 3 rings (SSSR count). The van der Waals surface area contributed by atoms with E-state index < -0.39 is 11.5 Å². The fourth-order valence-electron chi connectivity index (χ4n) is 4.74. The van der Waals surface area contributed by atoms with E-state index in [9.17, 15) is 9.90 Å². The first-order valence-corrected chi connectivity index (χ1v) is 7.90. The molecular formula is C15H26N2O2. The summed E-state index contributed by atoms with van der Waals surface area (Å²) in [6, 6.07) is 0.518. The van der Waals surface area contributed by atoms with E-state index in [0.29, 0.717) is 12.0 Å². The van der Waals surface area contributed by atoms with Gasteiger partial charge in [-0.1, -0.05) is 13.3 Å². The van der Waals surface area contributed by atoms with E-state index >= 15 is 0 Å². The molecular weight excluding hydrogens is 240 g/mol. The molecule has 3 aliphatic heterocycles. The summed E-state index contributed by atoms with van der Waals surface area (Å²) in [6.45, 7) is 6.69. The summed E-state index contributed by atoms with van der Waals surface area (Å²) in [5, 5.41) is 9.81. The van der Waals surface area contributed by atoms with Crippen LogP contribution < -0.4 is 0 Å². The van der Waals surface area contributed by atoms with Crippen LogP contribution in [0.3, 0.4) is 0 Å². The quantitative estimate of drug-likeness (QED) is 0.842. The smallest absolute Gasteiger partial charge is 0.324 e. The lowest BCUT2D eigenvalue weighted by molar-refractivity contribution is -0.153. The van der Waals surface area contributed by atoms with Crippen molar-refractivity contribution in [2.45, 2.75) is 57.0 Å². The standard InChI is InChI=1S/C15H26N2O2/c1-2-6-15(14(18)19)7-3-8-17(15)13-5-10-16-9-4-12(13)11-16/h12-13H,2-11H2,1H3,(H,18,19). The van der Waals surface area contributed by atoms with Crippen molar-refractivity contribution in [3.63, 3.8) is 0 Å². The highest BCUT2D eigenvalue weighted by molar-refractivity contribution is 5.79. The van der Waals surface area contributed by atoms with Gasteiger partial charge in [0.1, 0.15) is 5.54 Å². The predicted octanol–water partition coefficient (Wildman–Crippen LogP) is 1.80. The number of nitrogens with zero attached hydrogens (tertiary/aromatic N) is 2. The van der Waals surface area contributed by atoms with Crippen molar-refractivity contribution < 1.29 is 9.90 Å². The third-order valence-electron chi connectivity index (χ3n) is 5.60. The lowest BCUT2D eigenvalue weighted by Gasteiger charge is -2.44. The number of hydrogen-bond donors (Lipinski definition) is 1. The lowest BCUT2D eigenvalue weighted by atomic mass is 9.85. The molecule has 4 atom stereocenters. The summed E-state index contributed by atoms with van der Waals surface area (Å²) < 4.78 is 0.